The first-order valence-corrected chi connectivity index (χ1v) is 4.60. The minimum atomic E-state index is -1.33. The van der Waals surface area contributed by atoms with Gasteiger partial charge >= 0.3 is 5.97 Å². The molecular formula is C9H17NO3. The molecule has 0 radical (unpaired) electrons. The van der Waals surface area contributed by atoms with Crippen LogP contribution in [0.4, 0.5) is 0 Å². The van der Waals surface area contributed by atoms with Crippen molar-refractivity contribution in [2.75, 3.05) is 0 Å². The van der Waals surface area contributed by atoms with Crippen LogP contribution in [0.15, 0.2) is 0 Å². The summed E-state index contributed by atoms with van der Waals surface area (Å²) in [6, 6.07) is -1.33. The van der Waals surface area contributed by atoms with Crippen molar-refractivity contribution in [3.05, 3.63) is 0 Å². The molecule has 0 aromatic heterocycles. The fraction of sp³-hybridized carbons (Fsp3) is 0.778. The second-order valence-corrected chi connectivity index (χ2v) is 3.09. The van der Waals surface area contributed by atoms with Crippen molar-refractivity contribution >= 4 is 11.8 Å². The number of carbonyl (C=O) groups is 2. The van der Waals surface area contributed by atoms with Crippen LogP contribution in [0.3, 0.4) is 0 Å². The Kier molecular flexibility index (Phi) is 6.14. The van der Waals surface area contributed by atoms with Crippen LogP contribution in [0.5, 0.6) is 0 Å². The molecule has 1 atom stereocenters. The predicted octanol–water partition coefficient (Wildman–Crippen LogP) is 0.938. The molecule has 0 heterocycles. The molecule has 13 heavy (non-hydrogen) atoms. The van der Waals surface area contributed by atoms with Gasteiger partial charge < -0.3 is 10.8 Å². The van der Waals surface area contributed by atoms with Crippen molar-refractivity contribution in [1.82, 2.24) is 0 Å². The van der Waals surface area contributed by atoms with Crippen LogP contribution in [0.25, 0.3) is 0 Å². The Morgan fingerprint density at radius 3 is 2.38 bits per heavy atom. The minimum absolute atomic E-state index is 0.285. The second-order valence-electron chi connectivity index (χ2n) is 3.09. The Labute approximate surface area is 78.1 Å². The zero-order valence-corrected chi connectivity index (χ0v) is 7.95. The van der Waals surface area contributed by atoms with E-state index in [2.05, 4.69) is 6.92 Å². The van der Waals surface area contributed by atoms with E-state index in [4.69, 9.17) is 10.8 Å². The average Bonchev–Trinajstić information content (AvgIpc) is 2.10. The monoisotopic (exact) mass is 187 g/mol. The third-order valence-electron chi connectivity index (χ3n) is 1.89. The van der Waals surface area contributed by atoms with Gasteiger partial charge in [0, 0.05) is 6.42 Å². The van der Waals surface area contributed by atoms with E-state index in [9.17, 15) is 9.59 Å². The van der Waals surface area contributed by atoms with Gasteiger partial charge in [0.1, 0.15) is 0 Å². The first-order chi connectivity index (χ1) is 6.09. The van der Waals surface area contributed by atoms with E-state index < -0.39 is 12.0 Å². The smallest absolute Gasteiger partial charge is 0.328 e. The molecule has 0 aliphatic carbocycles. The molecule has 76 valence electrons. The van der Waals surface area contributed by atoms with E-state index >= 15 is 0 Å². The maximum Gasteiger partial charge on any atom is 0.328 e. The summed E-state index contributed by atoms with van der Waals surface area (Å²) in [7, 11) is 0. The van der Waals surface area contributed by atoms with Gasteiger partial charge in [0.05, 0.1) is 0 Å². The largest absolute Gasteiger partial charge is 0.480 e. The molecule has 0 amide bonds. The summed E-state index contributed by atoms with van der Waals surface area (Å²) >= 11 is 0. The van der Waals surface area contributed by atoms with Crippen LogP contribution >= 0.6 is 0 Å². The SMILES string of the molecule is CCCCCCC(=O)C(N)C(=O)O. The summed E-state index contributed by atoms with van der Waals surface area (Å²) in [5.41, 5.74) is 5.13. The molecule has 0 rings (SSSR count). The Balaban J connectivity index is 3.56. The number of carbonyl (C=O) groups excluding carboxylic acids is 1. The van der Waals surface area contributed by atoms with Gasteiger partial charge in [-0.25, -0.2) is 0 Å². The molecule has 0 aliphatic heterocycles. The molecule has 0 aliphatic rings. The predicted molar refractivity (Wildman–Crippen MR) is 49.4 cm³/mol. The zero-order chi connectivity index (χ0) is 10.3. The van der Waals surface area contributed by atoms with Gasteiger partial charge in [-0.15, -0.1) is 0 Å². The van der Waals surface area contributed by atoms with Crippen molar-refractivity contribution in [3.8, 4) is 0 Å². The molecule has 1 unspecified atom stereocenters. The van der Waals surface area contributed by atoms with Gasteiger partial charge in [0.25, 0.3) is 0 Å². The number of aliphatic carboxylic acids is 1. The van der Waals surface area contributed by atoms with E-state index in [1.54, 1.807) is 0 Å². The summed E-state index contributed by atoms with van der Waals surface area (Å²) in [6.45, 7) is 2.07. The van der Waals surface area contributed by atoms with Crippen molar-refractivity contribution in [3.63, 3.8) is 0 Å². The molecule has 0 aromatic rings. The highest BCUT2D eigenvalue weighted by atomic mass is 16.4. The van der Waals surface area contributed by atoms with Crippen molar-refractivity contribution in [2.45, 2.75) is 45.1 Å². The zero-order valence-electron chi connectivity index (χ0n) is 7.95. The van der Waals surface area contributed by atoms with Crippen molar-refractivity contribution in [2.24, 2.45) is 5.73 Å². The fourth-order valence-electron chi connectivity index (χ4n) is 1.02. The van der Waals surface area contributed by atoms with Crippen molar-refractivity contribution in [1.29, 1.82) is 0 Å². The highest BCUT2D eigenvalue weighted by molar-refractivity contribution is 6.01. The van der Waals surface area contributed by atoms with Crippen LogP contribution in [0.2, 0.25) is 0 Å². The summed E-state index contributed by atoms with van der Waals surface area (Å²) in [6.07, 6.45) is 4.17. The van der Waals surface area contributed by atoms with Gasteiger partial charge in [-0.2, -0.15) is 0 Å². The number of rotatable bonds is 7. The van der Waals surface area contributed by atoms with Gasteiger partial charge in [0.15, 0.2) is 11.8 Å². The molecule has 0 bridgehead atoms. The molecule has 4 nitrogen and oxygen atoms in total. The highest BCUT2D eigenvalue weighted by Gasteiger charge is 2.19. The summed E-state index contributed by atoms with van der Waals surface area (Å²) in [5.74, 6) is -1.61. The Bertz CT molecular complexity index is 180. The van der Waals surface area contributed by atoms with E-state index in [1.165, 1.54) is 0 Å². The number of hydrogen-bond acceptors (Lipinski definition) is 3. The molecule has 0 aromatic carbocycles. The van der Waals surface area contributed by atoms with Crippen LogP contribution in [0.1, 0.15) is 39.0 Å². The number of unbranched alkanes of at least 4 members (excludes halogenated alkanes) is 3. The summed E-state index contributed by atoms with van der Waals surface area (Å²) in [5, 5.41) is 8.41. The highest BCUT2D eigenvalue weighted by Crippen LogP contribution is 2.03. The molecule has 0 spiro atoms. The van der Waals surface area contributed by atoms with Crippen LogP contribution < -0.4 is 5.73 Å². The minimum Gasteiger partial charge on any atom is -0.480 e. The Hall–Kier alpha value is -0.900. The van der Waals surface area contributed by atoms with Crippen LogP contribution in [-0.4, -0.2) is 22.9 Å². The quantitative estimate of drug-likeness (QED) is 0.459. The lowest BCUT2D eigenvalue weighted by atomic mass is 10.1. The number of carboxylic acids is 1. The molecular weight excluding hydrogens is 170 g/mol. The first kappa shape index (κ1) is 12.1. The standard InChI is InChI=1S/C9H17NO3/c1-2-3-4-5-6-7(11)8(10)9(12)13/h8H,2-6,10H2,1H3,(H,12,13). The molecule has 0 saturated heterocycles. The lowest BCUT2D eigenvalue weighted by Gasteiger charge is -2.04. The second kappa shape index (κ2) is 6.60. The van der Waals surface area contributed by atoms with E-state index in [0.717, 1.165) is 25.7 Å². The van der Waals surface area contributed by atoms with Gasteiger partial charge in [-0.3, -0.25) is 9.59 Å². The van der Waals surface area contributed by atoms with E-state index in [-0.39, 0.29) is 12.2 Å². The Morgan fingerprint density at radius 1 is 1.31 bits per heavy atom. The fourth-order valence-corrected chi connectivity index (χ4v) is 1.02. The number of hydrogen-bond donors (Lipinski definition) is 2. The van der Waals surface area contributed by atoms with Gasteiger partial charge in [-0.1, -0.05) is 26.2 Å². The Morgan fingerprint density at radius 2 is 1.92 bits per heavy atom. The number of nitrogens with two attached hydrogens (primary N) is 1. The summed E-state index contributed by atoms with van der Waals surface area (Å²) < 4.78 is 0. The summed E-state index contributed by atoms with van der Waals surface area (Å²) in [4.78, 5) is 21.3. The molecule has 0 saturated carbocycles. The molecule has 0 fully saturated rings. The first-order valence-electron chi connectivity index (χ1n) is 4.60. The van der Waals surface area contributed by atoms with Crippen molar-refractivity contribution < 1.29 is 14.7 Å². The van der Waals surface area contributed by atoms with E-state index in [0.29, 0.717) is 0 Å². The number of ketones is 1. The van der Waals surface area contributed by atoms with Crippen LogP contribution in [0, 0.1) is 0 Å². The lowest BCUT2D eigenvalue weighted by Crippen LogP contribution is -2.38. The average molecular weight is 187 g/mol. The van der Waals surface area contributed by atoms with Crippen LogP contribution in [-0.2, 0) is 9.59 Å². The lowest BCUT2D eigenvalue weighted by molar-refractivity contribution is -0.142. The third-order valence-corrected chi connectivity index (χ3v) is 1.89. The maximum atomic E-state index is 11.0. The van der Waals surface area contributed by atoms with Gasteiger partial charge in [-0.05, 0) is 6.42 Å². The van der Waals surface area contributed by atoms with E-state index in [1.807, 2.05) is 0 Å². The number of Topliss-reactive ketones (excluding diaryl/α,β-unsaturated/α-hetero) is 1. The topological polar surface area (TPSA) is 80.4 Å². The maximum absolute atomic E-state index is 11.0. The molecule has 4 heteroatoms. The normalized spacial score (nSPS) is 12.5. The number of carboxylic acid groups (broad SMARTS) is 1. The van der Waals surface area contributed by atoms with Gasteiger partial charge in [0.2, 0.25) is 0 Å². The third kappa shape index (κ3) is 5.36. The molecule has 3 N–H and O–H groups in total.